The number of methoxy groups -OCH3 is 3. The Morgan fingerprint density at radius 1 is 0.821 bits per heavy atom. The smallest absolute Gasteiger partial charge is 0.203 e. The summed E-state index contributed by atoms with van der Waals surface area (Å²) in [5.74, 6) is 0.722. The topological polar surface area (TPSA) is 65.0 Å². The molecule has 0 aliphatic heterocycles. The van der Waals surface area contributed by atoms with Crippen LogP contribution in [0.25, 0.3) is 11.1 Å². The van der Waals surface area contributed by atoms with Crippen LogP contribution in [0.4, 0.5) is 0 Å². The number of hydrogen-bond donors (Lipinski definition) is 1. The first-order chi connectivity index (χ1) is 13.5. The van der Waals surface area contributed by atoms with Gasteiger partial charge in [0.15, 0.2) is 17.3 Å². The van der Waals surface area contributed by atoms with Gasteiger partial charge in [-0.05, 0) is 42.3 Å². The zero-order valence-corrected chi connectivity index (χ0v) is 16.3. The fourth-order valence-electron chi connectivity index (χ4n) is 3.09. The minimum Gasteiger partial charge on any atom is -0.507 e. The van der Waals surface area contributed by atoms with Crippen molar-refractivity contribution in [3.8, 4) is 34.1 Å². The van der Waals surface area contributed by atoms with E-state index in [1.54, 1.807) is 24.3 Å². The van der Waals surface area contributed by atoms with Crippen molar-refractivity contribution >= 4 is 5.78 Å². The Labute approximate surface area is 164 Å². The van der Waals surface area contributed by atoms with Crippen molar-refractivity contribution in [3.63, 3.8) is 0 Å². The molecule has 28 heavy (non-hydrogen) atoms. The number of ketones is 1. The van der Waals surface area contributed by atoms with E-state index in [2.05, 4.69) is 0 Å². The highest BCUT2D eigenvalue weighted by Crippen LogP contribution is 2.39. The fourth-order valence-corrected chi connectivity index (χ4v) is 3.09. The third-order valence-corrected chi connectivity index (χ3v) is 4.52. The van der Waals surface area contributed by atoms with Crippen LogP contribution in [-0.2, 0) is 0 Å². The molecule has 0 saturated heterocycles. The van der Waals surface area contributed by atoms with Gasteiger partial charge in [0.05, 0.1) is 26.9 Å². The number of carbonyl (C=O) groups is 1. The first-order valence-electron chi connectivity index (χ1n) is 8.73. The highest BCUT2D eigenvalue weighted by atomic mass is 16.5. The van der Waals surface area contributed by atoms with Gasteiger partial charge in [-0.15, -0.1) is 0 Å². The van der Waals surface area contributed by atoms with Crippen LogP contribution in [0.1, 0.15) is 21.5 Å². The van der Waals surface area contributed by atoms with E-state index in [1.807, 2.05) is 31.2 Å². The molecule has 1 N–H and O–H groups in total. The van der Waals surface area contributed by atoms with Crippen molar-refractivity contribution in [1.29, 1.82) is 0 Å². The van der Waals surface area contributed by atoms with Crippen LogP contribution in [0, 0.1) is 6.92 Å². The molecule has 0 bridgehead atoms. The Bertz CT molecular complexity index is 998. The molecule has 0 heterocycles. The Morgan fingerprint density at radius 3 is 2.04 bits per heavy atom. The van der Waals surface area contributed by atoms with Crippen LogP contribution < -0.4 is 14.2 Å². The monoisotopic (exact) mass is 378 g/mol. The molecular formula is C23H22O5. The highest BCUT2D eigenvalue weighted by molar-refractivity contribution is 6.11. The maximum absolute atomic E-state index is 13.1. The predicted octanol–water partition coefficient (Wildman–Crippen LogP) is 4.62. The lowest BCUT2D eigenvalue weighted by molar-refractivity contribution is 0.103. The van der Waals surface area contributed by atoms with Crippen molar-refractivity contribution in [2.75, 3.05) is 21.3 Å². The Morgan fingerprint density at radius 2 is 1.46 bits per heavy atom. The molecule has 3 aromatic carbocycles. The summed E-state index contributed by atoms with van der Waals surface area (Å²) in [6.07, 6.45) is 0. The normalized spacial score (nSPS) is 10.4. The molecule has 0 amide bonds. The van der Waals surface area contributed by atoms with Gasteiger partial charge in [-0.1, -0.05) is 35.9 Å². The van der Waals surface area contributed by atoms with Crippen LogP contribution in [-0.4, -0.2) is 32.2 Å². The molecule has 144 valence electrons. The number of phenols is 1. The zero-order chi connectivity index (χ0) is 20.3. The summed E-state index contributed by atoms with van der Waals surface area (Å²) in [5.41, 5.74) is 3.46. The Hall–Kier alpha value is -3.47. The number of aromatic hydroxyl groups is 1. The summed E-state index contributed by atoms with van der Waals surface area (Å²) in [7, 11) is 4.47. The largest absolute Gasteiger partial charge is 0.507 e. The van der Waals surface area contributed by atoms with E-state index < -0.39 is 0 Å². The number of aryl methyl sites for hydroxylation is 1. The summed E-state index contributed by atoms with van der Waals surface area (Å²) in [6.45, 7) is 2.01. The third-order valence-electron chi connectivity index (χ3n) is 4.52. The van der Waals surface area contributed by atoms with Crippen molar-refractivity contribution < 1.29 is 24.1 Å². The minimum atomic E-state index is -0.341. The summed E-state index contributed by atoms with van der Waals surface area (Å²) in [6, 6.07) is 16.1. The molecular weight excluding hydrogens is 356 g/mol. The fraction of sp³-hybridized carbons (Fsp3) is 0.174. The van der Waals surface area contributed by atoms with Crippen molar-refractivity contribution in [2.45, 2.75) is 6.92 Å². The minimum absolute atomic E-state index is 0.0878. The number of ether oxygens (including phenoxy) is 3. The molecule has 0 radical (unpaired) electrons. The van der Waals surface area contributed by atoms with E-state index in [9.17, 15) is 9.90 Å². The summed E-state index contributed by atoms with van der Waals surface area (Å²) >= 11 is 0. The quantitative estimate of drug-likeness (QED) is 0.634. The summed E-state index contributed by atoms with van der Waals surface area (Å²) in [4.78, 5) is 13.1. The molecule has 0 spiro atoms. The molecule has 0 fully saturated rings. The lowest BCUT2D eigenvalue weighted by atomic mass is 9.96. The summed E-state index contributed by atoms with van der Waals surface area (Å²) in [5, 5.41) is 10.3. The van der Waals surface area contributed by atoms with Crippen LogP contribution in [0.2, 0.25) is 0 Å². The molecule has 0 saturated carbocycles. The molecule has 0 atom stereocenters. The van der Waals surface area contributed by atoms with Gasteiger partial charge in [0.2, 0.25) is 5.75 Å². The lowest BCUT2D eigenvalue weighted by Gasteiger charge is -2.14. The standard InChI is InChI=1S/C23H22O5/c1-14-6-5-7-15(10-14)16-8-9-19(24)18(11-16)22(25)17-12-20(26-2)23(28-4)21(13-17)27-3/h5-13,24H,1-4H3. The van der Waals surface area contributed by atoms with Crippen LogP contribution >= 0.6 is 0 Å². The van der Waals surface area contributed by atoms with Gasteiger partial charge in [-0.2, -0.15) is 0 Å². The third kappa shape index (κ3) is 3.64. The average molecular weight is 378 g/mol. The molecule has 0 aromatic heterocycles. The molecule has 3 rings (SSSR count). The number of rotatable bonds is 6. The molecule has 5 nitrogen and oxygen atoms in total. The van der Waals surface area contributed by atoms with E-state index in [0.29, 0.717) is 22.8 Å². The first-order valence-corrected chi connectivity index (χ1v) is 8.73. The van der Waals surface area contributed by atoms with Gasteiger partial charge in [0.1, 0.15) is 5.75 Å². The average Bonchev–Trinajstić information content (AvgIpc) is 2.72. The van der Waals surface area contributed by atoms with Crippen LogP contribution in [0.5, 0.6) is 23.0 Å². The number of benzene rings is 3. The summed E-state index contributed by atoms with van der Waals surface area (Å²) < 4.78 is 15.9. The van der Waals surface area contributed by atoms with Crippen molar-refractivity contribution in [1.82, 2.24) is 0 Å². The van der Waals surface area contributed by atoms with Gasteiger partial charge in [0.25, 0.3) is 0 Å². The van der Waals surface area contributed by atoms with E-state index in [1.165, 1.54) is 27.4 Å². The number of phenolic OH excluding ortho intramolecular Hbond substituents is 1. The van der Waals surface area contributed by atoms with E-state index in [-0.39, 0.29) is 17.1 Å². The van der Waals surface area contributed by atoms with E-state index >= 15 is 0 Å². The maximum Gasteiger partial charge on any atom is 0.203 e. The molecule has 0 unspecified atom stereocenters. The zero-order valence-electron chi connectivity index (χ0n) is 16.3. The molecule has 3 aromatic rings. The van der Waals surface area contributed by atoms with Crippen LogP contribution in [0.15, 0.2) is 54.6 Å². The molecule has 5 heteroatoms. The Balaban J connectivity index is 2.09. The van der Waals surface area contributed by atoms with Crippen LogP contribution in [0.3, 0.4) is 0 Å². The second kappa shape index (κ2) is 8.05. The second-order valence-corrected chi connectivity index (χ2v) is 6.34. The van der Waals surface area contributed by atoms with Gasteiger partial charge >= 0.3 is 0 Å². The lowest BCUT2D eigenvalue weighted by Crippen LogP contribution is -2.05. The van der Waals surface area contributed by atoms with Gasteiger partial charge in [-0.3, -0.25) is 4.79 Å². The predicted molar refractivity (Wildman–Crippen MR) is 108 cm³/mol. The number of carbonyl (C=O) groups excluding carboxylic acids is 1. The molecule has 0 aliphatic carbocycles. The SMILES string of the molecule is COc1cc(C(=O)c2cc(-c3cccc(C)c3)ccc2O)cc(OC)c1OC. The molecule has 0 aliphatic rings. The van der Waals surface area contributed by atoms with Crippen molar-refractivity contribution in [3.05, 3.63) is 71.3 Å². The Kier molecular flexibility index (Phi) is 5.54. The van der Waals surface area contributed by atoms with Crippen molar-refractivity contribution in [2.24, 2.45) is 0 Å². The van der Waals surface area contributed by atoms with Gasteiger partial charge in [-0.25, -0.2) is 0 Å². The van der Waals surface area contributed by atoms with Gasteiger partial charge in [0, 0.05) is 5.56 Å². The maximum atomic E-state index is 13.1. The highest BCUT2D eigenvalue weighted by Gasteiger charge is 2.20. The number of hydrogen-bond acceptors (Lipinski definition) is 5. The van der Waals surface area contributed by atoms with E-state index in [0.717, 1.165) is 16.7 Å². The van der Waals surface area contributed by atoms with Gasteiger partial charge < -0.3 is 19.3 Å². The first kappa shape index (κ1) is 19.3. The second-order valence-electron chi connectivity index (χ2n) is 6.34. The van der Waals surface area contributed by atoms with E-state index in [4.69, 9.17) is 14.2 Å².